The molecule has 10 heteroatoms. The highest BCUT2D eigenvalue weighted by molar-refractivity contribution is 7.89. The second kappa shape index (κ2) is 8.89. The molecule has 0 aromatic heterocycles. The Morgan fingerprint density at radius 1 is 1.07 bits per heavy atom. The molecule has 0 saturated carbocycles. The molecule has 0 spiro atoms. The molecule has 0 saturated heterocycles. The lowest BCUT2D eigenvalue weighted by Crippen LogP contribution is -2.28. The van der Waals surface area contributed by atoms with Crippen molar-refractivity contribution >= 4 is 27.5 Å². The van der Waals surface area contributed by atoms with Gasteiger partial charge in [-0.3, -0.25) is 9.59 Å². The second-order valence-corrected chi connectivity index (χ2v) is 7.60. The van der Waals surface area contributed by atoms with Gasteiger partial charge in [0.2, 0.25) is 15.9 Å². The van der Waals surface area contributed by atoms with Gasteiger partial charge in [-0.1, -0.05) is 6.07 Å². The normalized spacial score (nSPS) is 11.1. The van der Waals surface area contributed by atoms with E-state index in [9.17, 15) is 26.8 Å². The van der Waals surface area contributed by atoms with Crippen LogP contribution in [0.2, 0.25) is 0 Å². The highest BCUT2D eigenvalue weighted by Crippen LogP contribution is 2.19. The SMILES string of the molecule is CNC(=O)c1cccc(NC(=O)CCNS(=O)(=O)c2ccc(F)c(F)c2)c1C. The molecule has 2 aromatic carbocycles. The Kier molecular flexibility index (Phi) is 6.81. The maximum Gasteiger partial charge on any atom is 0.251 e. The van der Waals surface area contributed by atoms with E-state index in [-0.39, 0.29) is 18.9 Å². The fourth-order valence-electron chi connectivity index (χ4n) is 2.39. The van der Waals surface area contributed by atoms with E-state index in [2.05, 4.69) is 15.4 Å². The summed E-state index contributed by atoms with van der Waals surface area (Å²) in [6.45, 7) is 1.42. The van der Waals surface area contributed by atoms with Gasteiger partial charge in [0, 0.05) is 31.3 Å². The molecule has 0 aliphatic heterocycles. The van der Waals surface area contributed by atoms with Crippen molar-refractivity contribution in [2.75, 3.05) is 18.9 Å². The molecule has 7 nitrogen and oxygen atoms in total. The van der Waals surface area contributed by atoms with Crippen LogP contribution in [0, 0.1) is 18.6 Å². The van der Waals surface area contributed by atoms with Crippen LogP contribution in [0.3, 0.4) is 0 Å². The summed E-state index contributed by atoms with van der Waals surface area (Å²) in [6.07, 6.45) is -0.202. The molecule has 2 amide bonds. The van der Waals surface area contributed by atoms with Gasteiger partial charge in [-0.2, -0.15) is 0 Å². The van der Waals surface area contributed by atoms with Crippen molar-refractivity contribution in [3.05, 3.63) is 59.2 Å². The molecule has 0 aliphatic rings. The van der Waals surface area contributed by atoms with E-state index in [0.717, 1.165) is 6.07 Å². The predicted molar refractivity (Wildman–Crippen MR) is 99.4 cm³/mol. The summed E-state index contributed by atoms with van der Waals surface area (Å²) in [5.41, 5.74) is 1.39. The van der Waals surface area contributed by atoms with Crippen LogP contribution in [-0.2, 0) is 14.8 Å². The van der Waals surface area contributed by atoms with Crippen LogP contribution in [-0.4, -0.2) is 33.8 Å². The van der Waals surface area contributed by atoms with Gasteiger partial charge >= 0.3 is 0 Å². The monoisotopic (exact) mass is 411 g/mol. The zero-order valence-corrected chi connectivity index (χ0v) is 16.0. The topological polar surface area (TPSA) is 104 Å². The standard InChI is InChI=1S/C18H19F2N3O4S/c1-11-13(18(25)21-2)4-3-5-16(11)23-17(24)8-9-22-28(26,27)12-6-7-14(19)15(20)10-12/h3-7,10,22H,8-9H2,1-2H3,(H,21,25)(H,23,24). The first-order valence-electron chi connectivity index (χ1n) is 8.22. The molecule has 0 aliphatic carbocycles. The summed E-state index contributed by atoms with van der Waals surface area (Å²) < 4.78 is 52.4. The van der Waals surface area contributed by atoms with E-state index in [1.165, 1.54) is 7.05 Å². The number of rotatable bonds is 7. The average molecular weight is 411 g/mol. The molecule has 0 heterocycles. The van der Waals surface area contributed by atoms with Gasteiger partial charge in [-0.25, -0.2) is 21.9 Å². The Labute approximate surface area is 161 Å². The number of carbonyl (C=O) groups is 2. The van der Waals surface area contributed by atoms with Crippen molar-refractivity contribution in [1.82, 2.24) is 10.0 Å². The Hall–Kier alpha value is -2.85. The Morgan fingerprint density at radius 3 is 2.43 bits per heavy atom. The molecule has 0 atom stereocenters. The molecular formula is C18H19F2N3O4S. The summed E-state index contributed by atoms with van der Waals surface area (Å²) in [7, 11) is -2.59. The Bertz CT molecular complexity index is 1010. The summed E-state index contributed by atoms with van der Waals surface area (Å²) in [5.74, 6) is -3.22. The number of sulfonamides is 1. The summed E-state index contributed by atoms with van der Waals surface area (Å²) in [4.78, 5) is 23.4. The van der Waals surface area contributed by atoms with Crippen molar-refractivity contribution in [3.8, 4) is 0 Å². The molecule has 2 aromatic rings. The zero-order chi connectivity index (χ0) is 20.9. The predicted octanol–water partition coefficient (Wildman–Crippen LogP) is 1.94. The van der Waals surface area contributed by atoms with Crippen LogP contribution >= 0.6 is 0 Å². The lowest BCUT2D eigenvalue weighted by molar-refractivity contribution is -0.116. The molecule has 28 heavy (non-hydrogen) atoms. The van der Waals surface area contributed by atoms with Gasteiger partial charge in [0.25, 0.3) is 5.91 Å². The van der Waals surface area contributed by atoms with E-state index in [0.29, 0.717) is 28.9 Å². The highest BCUT2D eigenvalue weighted by Gasteiger charge is 2.17. The lowest BCUT2D eigenvalue weighted by atomic mass is 10.1. The van der Waals surface area contributed by atoms with Crippen LogP contribution in [0.5, 0.6) is 0 Å². The third kappa shape index (κ3) is 5.11. The molecule has 0 fully saturated rings. The van der Waals surface area contributed by atoms with Gasteiger partial charge in [0.15, 0.2) is 11.6 Å². The number of nitrogens with one attached hydrogen (secondary N) is 3. The van der Waals surface area contributed by atoms with Gasteiger partial charge in [-0.15, -0.1) is 0 Å². The number of carbonyl (C=O) groups excluding carboxylic acids is 2. The molecule has 150 valence electrons. The Balaban J connectivity index is 1.98. The third-order valence-electron chi connectivity index (χ3n) is 3.93. The number of hydrogen-bond acceptors (Lipinski definition) is 4. The van der Waals surface area contributed by atoms with Gasteiger partial charge < -0.3 is 10.6 Å². The van der Waals surface area contributed by atoms with E-state index < -0.39 is 32.5 Å². The smallest absolute Gasteiger partial charge is 0.251 e. The number of hydrogen-bond donors (Lipinski definition) is 3. The minimum atomic E-state index is -4.09. The van der Waals surface area contributed by atoms with E-state index >= 15 is 0 Å². The largest absolute Gasteiger partial charge is 0.355 e. The molecule has 0 bridgehead atoms. The molecule has 0 unspecified atom stereocenters. The van der Waals surface area contributed by atoms with Crippen LogP contribution in [0.15, 0.2) is 41.3 Å². The van der Waals surface area contributed by atoms with Crippen LogP contribution < -0.4 is 15.4 Å². The number of halogens is 2. The molecule has 0 radical (unpaired) electrons. The zero-order valence-electron chi connectivity index (χ0n) is 15.2. The second-order valence-electron chi connectivity index (χ2n) is 5.83. The van der Waals surface area contributed by atoms with E-state index in [4.69, 9.17) is 0 Å². The van der Waals surface area contributed by atoms with E-state index in [1.54, 1.807) is 25.1 Å². The first-order chi connectivity index (χ1) is 13.2. The summed E-state index contributed by atoms with van der Waals surface area (Å²) in [5, 5.41) is 5.11. The minimum Gasteiger partial charge on any atom is -0.355 e. The van der Waals surface area contributed by atoms with E-state index in [1.807, 2.05) is 0 Å². The quantitative estimate of drug-likeness (QED) is 0.648. The van der Waals surface area contributed by atoms with Gasteiger partial charge in [0.05, 0.1) is 4.90 Å². The fourth-order valence-corrected chi connectivity index (χ4v) is 3.43. The maximum atomic E-state index is 13.2. The summed E-state index contributed by atoms with van der Waals surface area (Å²) >= 11 is 0. The summed E-state index contributed by atoms with van der Waals surface area (Å²) in [6, 6.07) is 7.03. The number of benzene rings is 2. The number of amides is 2. The fraction of sp³-hybridized carbons (Fsp3) is 0.222. The van der Waals surface area contributed by atoms with Crippen LogP contribution in [0.25, 0.3) is 0 Å². The highest BCUT2D eigenvalue weighted by atomic mass is 32.2. The van der Waals surface area contributed by atoms with Gasteiger partial charge in [0.1, 0.15) is 0 Å². The lowest BCUT2D eigenvalue weighted by Gasteiger charge is -2.12. The molecule has 3 N–H and O–H groups in total. The Morgan fingerprint density at radius 2 is 1.79 bits per heavy atom. The van der Waals surface area contributed by atoms with Crippen molar-refractivity contribution in [1.29, 1.82) is 0 Å². The first kappa shape index (κ1) is 21.5. The van der Waals surface area contributed by atoms with Crippen molar-refractivity contribution < 1.29 is 26.8 Å². The van der Waals surface area contributed by atoms with Crippen LogP contribution in [0.1, 0.15) is 22.3 Å². The van der Waals surface area contributed by atoms with Crippen molar-refractivity contribution in [3.63, 3.8) is 0 Å². The van der Waals surface area contributed by atoms with Gasteiger partial charge in [-0.05, 0) is 42.8 Å². The minimum absolute atomic E-state index is 0.202. The van der Waals surface area contributed by atoms with Crippen LogP contribution in [0.4, 0.5) is 14.5 Å². The first-order valence-corrected chi connectivity index (χ1v) is 9.70. The number of anilines is 1. The average Bonchev–Trinajstić information content (AvgIpc) is 2.64. The van der Waals surface area contributed by atoms with Crippen molar-refractivity contribution in [2.45, 2.75) is 18.2 Å². The van der Waals surface area contributed by atoms with Crippen molar-refractivity contribution in [2.24, 2.45) is 0 Å². The molecular weight excluding hydrogens is 392 g/mol. The maximum absolute atomic E-state index is 13.2. The molecule has 2 rings (SSSR count). The third-order valence-corrected chi connectivity index (χ3v) is 5.38.